The van der Waals surface area contributed by atoms with Crippen molar-refractivity contribution < 1.29 is 19.0 Å². The van der Waals surface area contributed by atoms with Crippen LogP contribution in [0.25, 0.3) is 17.5 Å². The number of rotatable bonds is 6. The minimum Gasteiger partial charge on any atom is -0.497 e. The van der Waals surface area contributed by atoms with E-state index in [-0.39, 0.29) is 23.6 Å². The molecule has 0 radical (unpaired) electrons. The molecule has 0 saturated heterocycles. The number of hydrogen-bond acceptors (Lipinski definition) is 8. The molecular formula is C26H23N3O5S. The predicted molar refractivity (Wildman–Crippen MR) is 133 cm³/mol. The number of hydrogen-bond donors (Lipinski definition) is 1. The van der Waals surface area contributed by atoms with E-state index in [2.05, 4.69) is 6.07 Å². The van der Waals surface area contributed by atoms with Gasteiger partial charge in [-0.1, -0.05) is 24.3 Å². The van der Waals surface area contributed by atoms with Crippen LogP contribution < -0.4 is 30.0 Å². The Bertz CT molecular complexity index is 1560. The normalized spacial score (nSPS) is 15.4. The molecule has 0 spiro atoms. The molecule has 1 aliphatic heterocycles. The molecule has 0 aliphatic carbocycles. The van der Waals surface area contributed by atoms with Crippen LogP contribution in [-0.4, -0.2) is 31.4 Å². The summed E-state index contributed by atoms with van der Waals surface area (Å²) < 4.78 is 17.8. The fraction of sp³-hybridized carbons (Fsp3) is 0.192. The summed E-state index contributed by atoms with van der Waals surface area (Å²) in [5, 5.41) is 10.2. The van der Waals surface area contributed by atoms with Gasteiger partial charge < -0.3 is 19.9 Å². The van der Waals surface area contributed by atoms with Crippen molar-refractivity contribution in [3.63, 3.8) is 0 Å². The first-order valence-corrected chi connectivity index (χ1v) is 11.6. The molecule has 0 bridgehead atoms. The zero-order valence-electron chi connectivity index (χ0n) is 19.4. The molecule has 1 aliphatic rings. The van der Waals surface area contributed by atoms with Crippen LogP contribution in [0.1, 0.15) is 24.0 Å². The minimum atomic E-state index is -0.822. The van der Waals surface area contributed by atoms with E-state index < -0.39 is 17.4 Å². The van der Waals surface area contributed by atoms with Gasteiger partial charge in [-0.25, -0.2) is 4.79 Å². The molecule has 0 saturated carbocycles. The molecule has 1 atom stereocenters. The minimum absolute atomic E-state index is 0.0389. The van der Waals surface area contributed by atoms with Crippen molar-refractivity contribution >= 4 is 34.8 Å². The molecule has 2 heterocycles. The van der Waals surface area contributed by atoms with Gasteiger partial charge in [-0.2, -0.15) is 5.26 Å². The predicted octanol–water partition coefficient (Wildman–Crippen LogP) is 1.92. The van der Waals surface area contributed by atoms with E-state index in [4.69, 9.17) is 19.9 Å². The van der Waals surface area contributed by atoms with Gasteiger partial charge in [0.2, 0.25) is 0 Å². The topological polar surface area (TPSA) is 117 Å². The van der Waals surface area contributed by atoms with Crippen molar-refractivity contribution in [2.24, 2.45) is 5.73 Å². The largest absolute Gasteiger partial charge is 0.497 e. The van der Waals surface area contributed by atoms with Crippen molar-refractivity contribution in [1.29, 1.82) is 5.26 Å². The van der Waals surface area contributed by atoms with E-state index in [1.54, 1.807) is 56.5 Å². The van der Waals surface area contributed by atoms with Crippen LogP contribution >= 0.6 is 11.3 Å². The maximum absolute atomic E-state index is 13.4. The highest BCUT2D eigenvalue weighted by Gasteiger charge is 2.36. The molecule has 3 aromatic rings. The summed E-state index contributed by atoms with van der Waals surface area (Å²) in [6, 6.07) is 16.5. The van der Waals surface area contributed by atoms with Crippen molar-refractivity contribution in [2.75, 3.05) is 20.8 Å². The molecule has 4 rings (SSSR count). The molecule has 1 aromatic heterocycles. The number of carbonyl (C=O) groups excluding carboxylic acids is 1. The Kier molecular flexibility index (Phi) is 6.75. The summed E-state index contributed by atoms with van der Waals surface area (Å²) in [6.07, 6.45) is 1.70. The third kappa shape index (κ3) is 4.32. The standard InChI is InChI=1S/C26H23N3O5S/c1-4-34-26(31)22-21(16-8-6-10-18(13-16)33-3)19(14-27)25-29(23(22)28)24(30)20(35-25)12-15-7-5-9-17(11-15)32-2/h5-13,21H,4,28H2,1-3H3/b20-12-. The van der Waals surface area contributed by atoms with Gasteiger partial charge in [0, 0.05) is 0 Å². The molecule has 1 unspecified atom stereocenters. The van der Waals surface area contributed by atoms with Crippen molar-refractivity contribution in [1.82, 2.24) is 4.57 Å². The molecule has 35 heavy (non-hydrogen) atoms. The summed E-state index contributed by atoms with van der Waals surface area (Å²) in [5.74, 6) is -0.365. The van der Waals surface area contributed by atoms with Crippen LogP contribution in [0, 0.1) is 11.3 Å². The Hall–Kier alpha value is -4.29. The smallest absolute Gasteiger partial charge is 0.338 e. The molecular weight excluding hydrogens is 466 g/mol. The van der Waals surface area contributed by atoms with Crippen molar-refractivity contribution in [3.05, 3.63) is 84.8 Å². The first-order valence-electron chi connectivity index (χ1n) is 10.8. The van der Waals surface area contributed by atoms with Gasteiger partial charge in [0.25, 0.3) is 5.56 Å². The van der Waals surface area contributed by atoms with E-state index >= 15 is 0 Å². The highest BCUT2D eigenvalue weighted by atomic mass is 32.1. The number of nitriles is 1. The Morgan fingerprint density at radius 2 is 1.86 bits per heavy atom. The second-order valence-corrected chi connectivity index (χ2v) is 8.62. The van der Waals surface area contributed by atoms with Gasteiger partial charge >= 0.3 is 5.97 Å². The lowest BCUT2D eigenvalue weighted by Gasteiger charge is -2.25. The second-order valence-electron chi connectivity index (χ2n) is 7.59. The van der Waals surface area contributed by atoms with E-state index in [9.17, 15) is 14.9 Å². The number of thiazole rings is 1. The lowest BCUT2D eigenvalue weighted by Crippen LogP contribution is -2.40. The lowest BCUT2D eigenvalue weighted by molar-refractivity contribution is -0.138. The highest BCUT2D eigenvalue weighted by molar-refractivity contribution is 7.07. The number of carbonyl (C=O) groups is 1. The maximum Gasteiger partial charge on any atom is 0.338 e. The zero-order valence-corrected chi connectivity index (χ0v) is 20.2. The maximum atomic E-state index is 13.4. The Balaban J connectivity index is 2.05. The summed E-state index contributed by atoms with van der Waals surface area (Å²) in [4.78, 5) is 26.5. The first kappa shape index (κ1) is 23.9. The number of methoxy groups -OCH3 is 2. The van der Waals surface area contributed by atoms with Crippen LogP contribution in [0.4, 0.5) is 0 Å². The van der Waals surface area contributed by atoms with E-state index in [1.165, 1.54) is 11.7 Å². The summed E-state index contributed by atoms with van der Waals surface area (Å²) in [5.41, 5.74) is 7.66. The van der Waals surface area contributed by atoms with Gasteiger partial charge in [0.05, 0.1) is 48.5 Å². The number of benzene rings is 2. The molecule has 9 heteroatoms. The van der Waals surface area contributed by atoms with Crippen LogP contribution in [0.5, 0.6) is 11.5 Å². The van der Waals surface area contributed by atoms with Gasteiger partial charge in [0.15, 0.2) is 0 Å². The molecule has 2 N–H and O–H groups in total. The van der Waals surface area contributed by atoms with E-state index in [0.29, 0.717) is 26.3 Å². The SMILES string of the molecule is CCOC(=O)C1=C(N)n2c(s/c(=C\c3cccc(OC)c3)c2=O)=C(C#N)C1c1cccc(OC)c1. The van der Waals surface area contributed by atoms with Gasteiger partial charge in [-0.3, -0.25) is 9.36 Å². The molecule has 8 nitrogen and oxygen atoms in total. The summed E-state index contributed by atoms with van der Waals surface area (Å²) in [6.45, 7) is 1.79. The van der Waals surface area contributed by atoms with Crippen molar-refractivity contribution in [2.45, 2.75) is 12.8 Å². The number of nitrogens with two attached hydrogens (primary N) is 1. The summed E-state index contributed by atoms with van der Waals surface area (Å²) in [7, 11) is 3.09. The van der Waals surface area contributed by atoms with Crippen LogP contribution in [0.15, 0.2) is 58.9 Å². The van der Waals surface area contributed by atoms with Crippen molar-refractivity contribution in [3.8, 4) is 17.6 Å². The van der Waals surface area contributed by atoms with Crippen LogP contribution in [-0.2, 0) is 9.53 Å². The number of nitrogens with zero attached hydrogens (tertiary/aromatic N) is 2. The van der Waals surface area contributed by atoms with E-state index in [1.807, 2.05) is 12.1 Å². The molecule has 0 fully saturated rings. The third-order valence-electron chi connectivity index (χ3n) is 5.58. The number of fused-ring (bicyclic) bond motifs is 1. The Morgan fingerprint density at radius 3 is 2.51 bits per heavy atom. The highest BCUT2D eigenvalue weighted by Crippen LogP contribution is 2.37. The third-order valence-corrected chi connectivity index (χ3v) is 6.69. The Morgan fingerprint density at radius 1 is 1.17 bits per heavy atom. The lowest BCUT2D eigenvalue weighted by atomic mass is 9.83. The van der Waals surface area contributed by atoms with Crippen LogP contribution in [0.2, 0.25) is 0 Å². The quantitative estimate of drug-likeness (QED) is 0.526. The zero-order chi connectivity index (χ0) is 25.1. The second kappa shape index (κ2) is 9.91. The van der Waals surface area contributed by atoms with Gasteiger partial charge in [0.1, 0.15) is 22.0 Å². The number of ether oxygens (including phenoxy) is 3. The molecule has 0 amide bonds. The van der Waals surface area contributed by atoms with Gasteiger partial charge in [-0.15, -0.1) is 11.3 Å². The molecule has 2 aromatic carbocycles. The van der Waals surface area contributed by atoms with Gasteiger partial charge in [-0.05, 0) is 48.4 Å². The average Bonchev–Trinajstić information content (AvgIpc) is 3.19. The van der Waals surface area contributed by atoms with Crippen LogP contribution in [0.3, 0.4) is 0 Å². The monoisotopic (exact) mass is 489 g/mol. The fourth-order valence-corrected chi connectivity index (χ4v) is 5.13. The van der Waals surface area contributed by atoms with E-state index in [0.717, 1.165) is 16.9 Å². The molecule has 178 valence electrons. The first-order chi connectivity index (χ1) is 16.9. The fourth-order valence-electron chi connectivity index (χ4n) is 4.00. The average molecular weight is 490 g/mol. The number of aromatic nitrogens is 1. The summed E-state index contributed by atoms with van der Waals surface area (Å²) >= 11 is 1.14. The Labute approximate surface area is 205 Å². The number of esters is 1.